The first-order chi connectivity index (χ1) is 28.5. The van der Waals surface area contributed by atoms with Crippen LogP contribution in [-0.4, -0.2) is 70.0 Å². The molecular weight excluding hydrogens is 762 g/mol. The van der Waals surface area contributed by atoms with Gasteiger partial charge >= 0.3 is 11.9 Å². The number of phosphoric ester groups is 1. The van der Waals surface area contributed by atoms with Crippen LogP contribution in [0.5, 0.6) is 0 Å². The highest BCUT2D eigenvalue weighted by Gasteiger charge is 2.21. The minimum absolute atomic E-state index is 0.0328. The third-order valence-electron chi connectivity index (χ3n) is 10.4. The summed E-state index contributed by atoms with van der Waals surface area (Å²) in [5.74, 6) is -0.844. The molecule has 59 heavy (non-hydrogen) atoms. The molecule has 0 aliphatic rings. The Labute approximate surface area is 363 Å². The molecule has 0 aromatic rings. The van der Waals surface area contributed by atoms with E-state index in [9.17, 15) is 19.0 Å². The molecule has 0 N–H and O–H groups in total. The molecular formula is C49H92NO8P. The van der Waals surface area contributed by atoms with Gasteiger partial charge in [0.1, 0.15) is 19.8 Å². The Balaban J connectivity index is 4.31. The van der Waals surface area contributed by atoms with E-state index in [4.69, 9.17) is 18.5 Å². The predicted molar refractivity (Wildman–Crippen MR) is 245 cm³/mol. The SMILES string of the molecule is CCCCC/C=C\C/C=C\CCCCCCCCCCCC(=O)OC(COC(=O)CCCCCCC/C=C\CCCCCCCCC)COP(=O)([O-])OCC[N+](C)(C)C. The van der Waals surface area contributed by atoms with Crippen molar-refractivity contribution in [1.82, 2.24) is 0 Å². The van der Waals surface area contributed by atoms with Gasteiger partial charge in [0.15, 0.2) is 6.10 Å². The van der Waals surface area contributed by atoms with Gasteiger partial charge in [-0.1, -0.05) is 166 Å². The number of ether oxygens (including phenoxy) is 2. The van der Waals surface area contributed by atoms with Crippen LogP contribution in [-0.2, 0) is 32.7 Å². The third kappa shape index (κ3) is 45.6. The maximum absolute atomic E-state index is 12.7. The molecule has 0 bridgehead atoms. The smallest absolute Gasteiger partial charge is 0.306 e. The first-order valence-electron chi connectivity index (χ1n) is 24.2. The Morgan fingerprint density at radius 1 is 0.525 bits per heavy atom. The van der Waals surface area contributed by atoms with E-state index in [1.54, 1.807) is 0 Å². The molecule has 0 heterocycles. The van der Waals surface area contributed by atoms with Crippen LogP contribution in [0.15, 0.2) is 36.5 Å². The summed E-state index contributed by atoms with van der Waals surface area (Å²) >= 11 is 0. The second-order valence-electron chi connectivity index (χ2n) is 17.5. The summed E-state index contributed by atoms with van der Waals surface area (Å²) in [6.45, 7) is 4.20. The van der Waals surface area contributed by atoms with Gasteiger partial charge in [0.2, 0.25) is 0 Å². The lowest BCUT2D eigenvalue weighted by Gasteiger charge is -2.28. The van der Waals surface area contributed by atoms with Crippen molar-refractivity contribution < 1.29 is 42.1 Å². The molecule has 0 aromatic carbocycles. The van der Waals surface area contributed by atoms with Crippen molar-refractivity contribution in [2.24, 2.45) is 0 Å². The lowest BCUT2D eigenvalue weighted by atomic mass is 10.1. The predicted octanol–water partition coefficient (Wildman–Crippen LogP) is 13.5. The van der Waals surface area contributed by atoms with Crippen LogP contribution in [0.25, 0.3) is 0 Å². The quantitative estimate of drug-likeness (QED) is 0.0196. The lowest BCUT2D eigenvalue weighted by molar-refractivity contribution is -0.870. The van der Waals surface area contributed by atoms with Crippen molar-refractivity contribution in [3.8, 4) is 0 Å². The monoisotopic (exact) mass is 854 g/mol. The summed E-state index contributed by atoms with van der Waals surface area (Å²) in [4.78, 5) is 37.6. The number of esters is 2. The van der Waals surface area contributed by atoms with Crippen molar-refractivity contribution in [1.29, 1.82) is 0 Å². The van der Waals surface area contributed by atoms with Gasteiger partial charge in [0.25, 0.3) is 7.82 Å². The number of hydrogen-bond acceptors (Lipinski definition) is 8. The lowest BCUT2D eigenvalue weighted by Crippen LogP contribution is -2.37. The van der Waals surface area contributed by atoms with Gasteiger partial charge in [-0.05, 0) is 70.6 Å². The van der Waals surface area contributed by atoms with Gasteiger partial charge in [-0.2, -0.15) is 0 Å². The minimum Gasteiger partial charge on any atom is -0.756 e. The number of allylic oxidation sites excluding steroid dienone is 6. The van der Waals surface area contributed by atoms with E-state index in [-0.39, 0.29) is 26.1 Å². The number of unbranched alkanes of at least 4 members (excludes halogenated alkanes) is 24. The summed E-state index contributed by atoms with van der Waals surface area (Å²) in [7, 11) is 1.16. The van der Waals surface area contributed by atoms with Gasteiger partial charge in [-0.3, -0.25) is 14.2 Å². The molecule has 9 nitrogen and oxygen atoms in total. The van der Waals surface area contributed by atoms with Crippen LogP contribution < -0.4 is 4.89 Å². The van der Waals surface area contributed by atoms with E-state index < -0.39 is 32.5 Å². The first kappa shape index (κ1) is 57.2. The zero-order chi connectivity index (χ0) is 43.6. The maximum atomic E-state index is 12.7. The molecule has 0 aromatic heterocycles. The zero-order valence-electron chi connectivity index (χ0n) is 39.0. The minimum atomic E-state index is -4.63. The van der Waals surface area contributed by atoms with Crippen LogP contribution in [0.3, 0.4) is 0 Å². The normalized spacial score (nSPS) is 13.8. The van der Waals surface area contributed by atoms with Crippen LogP contribution in [0.4, 0.5) is 0 Å². The van der Waals surface area contributed by atoms with Crippen LogP contribution in [0, 0.1) is 0 Å². The summed E-state index contributed by atoms with van der Waals surface area (Å²) in [5.41, 5.74) is 0. The molecule has 0 amide bonds. The number of carbonyl (C=O) groups excluding carboxylic acids is 2. The summed E-state index contributed by atoms with van der Waals surface area (Å²) < 4.78 is 34.0. The molecule has 10 heteroatoms. The molecule has 0 saturated heterocycles. The average Bonchev–Trinajstić information content (AvgIpc) is 3.19. The Hall–Kier alpha value is -1.77. The Bertz CT molecular complexity index is 1100. The van der Waals surface area contributed by atoms with E-state index in [1.165, 1.54) is 109 Å². The van der Waals surface area contributed by atoms with E-state index in [0.29, 0.717) is 17.4 Å². The van der Waals surface area contributed by atoms with Crippen LogP contribution >= 0.6 is 7.82 Å². The fourth-order valence-corrected chi connectivity index (χ4v) is 7.29. The van der Waals surface area contributed by atoms with Gasteiger partial charge in [0.05, 0.1) is 27.7 Å². The Morgan fingerprint density at radius 3 is 1.39 bits per heavy atom. The molecule has 0 rings (SSSR count). The third-order valence-corrected chi connectivity index (χ3v) is 11.3. The molecule has 2 atom stereocenters. The van der Waals surface area contributed by atoms with E-state index >= 15 is 0 Å². The second kappa shape index (κ2) is 41.6. The summed E-state index contributed by atoms with van der Waals surface area (Å²) in [6, 6.07) is 0. The van der Waals surface area contributed by atoms with Crippen LogP contribution in [0.1, 0.15) is 213 Å². The second-order valence-corrected chi connectivity index (χ2v) is 18.9. The highest BCUT2D eigenvalue weighted by Crippen LogP contribution is 2.38. The highest BCUT2D eigenvalue weighted by atomic mass is 31.2. The largest absolute Gasteiger partial charge is 0.756 e. The van der Waals surface area contributed by atoms with Gasteiger partial charge in [0, 0.05) is 12.8 Å². The number of likely N-dealkylation sites (N-methyl/N-ethyl adjacent to an activating group) is 1. The van der Waals surface area contributed by atoms with Gasteiger partial charge < -0.3 is 27.9 Å². The van der Waals surface area contributed by atoms with Crippen molar-refractivity contribution in [2.45, 2.75) is 219 Å². The van der Waals surface area contributed by atoms with Crippen molar-refractivity contribution in [3.63, 3.8) is 0 Å². The molecule has 0 fully saturated rings. The molecule has 0 aliphatic heterocycles. The highest BCUT2D eigenvalue weighted by molar-refractivity contribution is 7.45. The van der Waals surface area contributed by atoms with Crippen molar-refractivity contribution >= 4 is 19.8 Å². The molecule has 2 unspecified atom stereocenters. The zero-order valence-corrected chi connectivity index (χ0v) is 39.8. The summed E-state index contributed by atoms with van der Waals surface area (Å²) in [6.07, 6.45) is 47.3. The molecule has 0 spiro atoms. The summed E-state index contributed by atoms with van der Waals surface area (Å²) in [5, 5.41) is 0. The van der Waals surface area contributed by atoms with E-state index in [1.807, 2.05) is 21.1 Å². The molecule has 0 radical (unpaired) electrons. The number of phosphoric acid groups is 1. The van der Waals surface area contributed by atoms with Crippen molar-refractivity contribution in [3.05, 3.63) is 36.5 Å². The standard InChI is InChI=1S/C49H92NO8P/c1-6-8-10-12-14-16-18-20-22-24-25-26-28-30-32-34-36-38-40-42-49(52)58-47(46-57-59(53,54)56-44-43-50(3,4)5)45-55-48(51)41-39-37-35-33-31-29-27-23-21-19-17-15-13-11-9-7-2/h14,16,20,22-23,27,47H,6-13,15,17-19,21,24-26,28-46H2,1-5H3/b16-14-,22-20-,27-23-. The van der Waals surface area contributed by atoms with E-state index in [2.05, 4.69) is 50.3 Å². The molecule has 0 aliphatic carbocycles. The fraction of sp³-hybridized carbons (Fsp3) is 0.837. The number of quaternary nitrogens is 1. The van der Waals surface area contributed by atoms with Crippen LogP contribution in [0.2, 0.25) is 0 Å². The van der Waals surface area contributed by atoms with Gasteiger partial charge in [-0.15, -0.1) is 0 Å². The number of carbonyl (C=O) groups is 2. The Morgan fingerprint density at radius 2 is 0.915 bits per heavy atom. The number of rotatable bonds is 44. The van der Waals surface area contributed by atoms with Gasteiger partial charge in [-0.25, -0.2) is 0 Å². The Kier molecular flexibility index (Phi) is 40.3. The molecule has 0 saturated carbocycles. The maximum Gasteiger partial charge on any atom is 0.306 e. The topological polar surface area (TPSA) is 111 Å². The molecule has 346 valence electrons. The number of hydrogen-bond donors (Lipinski definition) is 0. The fourth-order valence-electron chi connectivity index (χ4n) is 6.56. The number of nitrogens with zero attached hydrogens (tertiary/aromatic N) is 1. The first-order valence-corrected chi connectivity index (χ1v) is 25.7. The average molecular weight is 854 g/mol. The van der Waals surface area contributed by atoms with Crippen molar-refractivity contribution in [2.75, 3.05) is 47.5 Å². The van der Waals surface area contributed by atoms with E-state index in [0.717, 1.165) is 70.6 Å².